The van der Waals surface area contributed by atoms with E-state index in [1.165, 1.54) is 11.1 Å². The quantitative estimate of drug-likeness (QED) is 0.660. The lowest BCUT2D eigenvalue weighted by Crippen LogP contribution is -2.31. The van der Waals surface area contributed by atoms with Crippen molar-refractivity contribution >= 4 is 6.21 Å². The molecule has 0 aliphatic carbocycles. The minimum atomic E-state index is 0.293. The minimum Gasteiger partial charge on any atom is -0.435 e. The monoisotopic (exact) mass is 218 g/mol. The standard InChI is InChI=1S/C14H20NO/c1-11-6-5-7-12-8-15(9-14(2,3)4)10-16-13(11)12/h5-8H,9-10H2,1-4H3/q+1. The van der Waals surface area contributed by atoms with E-state index in [1.54, 1.807) is 0 Å². The molecule has 0 spiro atoms. The van der Waals surface area contributed by atoms with Crippen molar-refractivity contribution in [2.45, 2.75) is 27.7 Å². The van der Waals surface area contributed by atoms with Gasteiger partial charge < -0.3 is 4.74 Å². The lowest BCUT2D eigenvalue weighted by molar-refractivity contribution is -0.567. The zero-order chi connectivity index (χ0) is 11.8. The van der Waals surface area contributed by atoms with Gasteiger partial charge in [0.05, 0.1) is 5.56 Å². The van der Waals surface area contributed by atoms with E-state index in [1.807, 2.05) is 0 Å². The molecule has 0 bridgehead atoms. The Balaban J connectivity index is 2.28. The largest absolute Gasteiger partial charge is 0.435 e. The minimum absolute atomic E-state index is 0.293. The van der Waals surface area contributed by atoms with Gasteiger partial charge in [0.15, 0.2) is 12.8 Å². The van der Waals surface area contributed by atoms with Crippen molar-refractivity contribution < 1.29 is 9.31 Å². The number of rotatable bonds is 1. The number of hydrogen-bond donors (Lipinski definition) is 0. The van der Waals surface area contributed by atoms with Crippen LogP contribution in [0.25, 0.3) is 0 Å². The SMILES string of the molecule is Cc1cccc2c1OC[N+](CC(C)(C)C)=C2. The molecule has 1 heterocycles. The van der Waals surface area contributed by atoms with Crippen LogP contribution in [0, 0.1) is 12.3 Å². The molecule has 0 fully saturated rings. The Bertz CT molecular complexity index is 427. The van der Waals surface area contributed by atoms with Crippen LogP contribution in [0.1, 0.15) is 31.9 Å². The summed E-state index contributed by atoms with van der Waals surface area (Å²) in [5, 5.41) is 0. The summed E-state index contributed by atoms with van der Waals surface area (Å²) in [6.45, 7) is 10.5. The van der Waals surface area contributed by atoms with Gasteiger partial charge in [-0.1, -0.05) is 32.9 Å². The average molecular weight is 218 g/mol. The second-order valence-electron chi connectivity index (χ2n) is 5.70. The first-order valence-corrected chi connectivity index (χ1v) is 5.77. The third kappa shape index (κ3) is 2.43. The van der Waals surface area contributed by atoms with Gasteiger partial charge >= 0.3 is 0 Å². The Morgan fingerprint density at radius 2 is 2.06 bits per heavy atom. The third-order valence-corrected chi connectivity index (χ3v) is 2.62. The van der Waals surface area contributed by atoms with Gasteiger partial charge in [0.2, 0.25) is 0 Å². The number of fused-ring (bicyclic) bond motifs is 1. The summed E-state index contributed by atoms with van der Waals surface area (Å²) in [5.41, 5.74) is 2.70. The van der Waals surface area contributed by atoms with E-state index in [2.05, 4.69) is 56.7 Å². The first kappa shape index (κ1) is 11.2. The molecule has 0 aromatic heterocycles. The smallest absolute Gasteiger partial charge is 0.287 e. The number of nitrogens with zero attached hydrogens (tertiary/aromatic N) is 1. The predicted octanol–water partition coefficient (Wildman–Crippen LogP) is 2.82. The maximum absolute atomic E-state index is 5.81. The van der Waals surface area contributed by atoms with Gasteiger partial charge in [-0.05, 0) is 18.6 Å². The van der Waals surface area contributed by atoms with E-state index in [0.717, 1.165) is 12.3 Å². The molecule has 0 radical (unpaired) electrons. The highest BCUT2D eigenvalue weighted by atomic mass is 16.5. The summed E-state index contributed by atoms with van der Waals surface area (Å²) in [7, 11) is 0. The Labute approximate surface area is 97.6 Å². The van der Waals surface area contributed by atoms with Crippen LogP contribution in [0.3, 0.4) is 0 Å². The zero-order valence-electron chi connectivity index (χ0n) is 10.6. The molecule has 1 aromatic carbocycles. The maximum atomic E-state index is 5.81. The Hall–Kier alpha value is -1.31. The van der Waals surface area contributed by atoms with Gasteiger partial charge in [-0.2, -0.15) is 4.58 Å². The van der Waals surface area contributed by atoms with E-state index in [9.17, 15) is 0 Å². The summed E-state index contributed by atoms with van der Waals surface area (Å²) in [6, 6.07) is 6.28. The van der Waals surface area contributed by atoms with Gasteiger partial charge in [-0.15, -0.1) is 0 Å². The summed E-state index contributed by atoms with van der Waals surface area (Å²) in [4.78, 5) is 0. The Kier molecular flexibility index (Phi) is 2.75. The van der Waals surface area contributed by atoms with Gasteiger partial charge in [-0.3, -0.25) is 0 Å². The fraction of sp³-hybridized carbons (Fsp3) is 0.500. The highest BCUT2D eigenvalue weighted by Crippen LogP contribution is 2.24. The number of ether oxygens (including phenoxy) is 1. The van der Waals surface area contributed by atoms with Crippen LogP contribution in [0.2, 0.25) is 0 Å². The van der Waals surface area contributed by atoms with Crippen molar-refractivity contribution in [3.63, 3.8) is 0 Å². The van der Waals surface area contributed by atoms with Crippen molar-refractivity contribution in [1.29, 1.82) is 0 Å². The van der Waals surface area contributed by atoms with E-state index in [0.29, 0.717) is 12.1 Å². The van der Waals surface area contributed by atoms with E-state index >= 15 is 0 Å². The fourth-order valence-electron chi connectivity index (χ4n) is 2.06. The van der Waals surface area contributed by atoms with Crippen LogP contribution in [-0.2, 0) is 0 Å². The van der Waals surface area contributed by atoms with E-state index in [4.69, 9.17) is 4.74 Å². The van der Waals surface area contributed by atoms with Crippen LogP contribution in [0.15, 0.2) is 18.2 Å². The van der Waals surface area contributed by atoms with E-state index < -0.39 is 0 Å². The van der Waals surface area contributed by atoms with Gasteiger partial charge in [-0.25, -0.2) is 0 Å². The van der Waals surface area contributed by atoms with Crippen molar-refractivity contribution in [2.75, 3.05) is 13.3 Å². The molecule has 0 saturated carbocycles. The molecule has 0 atom stereocenters. The topological polar surface area (TPSA) is 12.2 Å². The number of hydrogen-bond acceptors (Lipinski definition) is 1. The van der Waals surface area contributed by atoms with Crippen LogP contribution in [0.4, 0.5) is 0 Å². The van der Waals surface area contributed by atoms with Crippen LogP contribution >= 0.6 is 0 Å². The number of para-hydroxylation sites is 1. The second kappa shape index (κ2) is 3.93. The van der Waals surface area contributed by atoms with Crippen molar-refractivity contribution in [2.24, 2.45) is 5.41 Å². The molecule has 16 heavy (non-hydrogen) atoms. The van der Waals surface area contributed by atoms with Crippen LogP contribution in [-0.4, -0.2) is 24.1 Å². The molecule has 0 unspecified atom stereocenters. The van der Waals surface area contributed by atoms with Gasteiger partial charge in [0, 0.05) is 5.41 Å². The summed E-state index contributed by atoms with van der Waals surface area (Å²) in [5.74, 6) is 1.03. The van der Waals surface area contributed by atoms with E-state index in [-0.39, 0.29) is 0 Å². The number of aryl methyl sites for hydroxylation is 1. The molecule has 2 nitrogen and oxygen atoms in total. The molecule has 1 aliphatic heterocycles. The lowest BCUT2D eigenvalue weighted by atomic mass is 9.96. The molecular formula is C14H20NO+. The molecular weight excluding hydrogens is 198 g/mol. The van der Waals surface area contributed by atoms with Crippen molar-refractivity contribution in [3.05, 3.63) is 29.3 Å². The molecule has 86 valence electrons. The molecule has 1 aromatic rings. The normalized spacial score (nSPS) is 15.1. The third-order valence-electron chi connectivity index (χ3n) is 2.62. The molecule has 0 saturated heterocycles. The van der Waals surface area contributed by atoms with Crippen LogP contribution in [0.5, 0.6) is 5.75 Å². The summed E-state index contributed by atoms with van der Waals surface area (Å²) in [6.07, 6.45) is 2.21. The molecule has 2 heteroatoms. The highest BCUT2D eigenvalue weighted by Gasteiger charge is 2.23. The number of benzene rings is 1. The molecule has 1 aliphatic rings. The first-order valence-electron chi connectivity index (χ1n) is 5.77. The van der Waals surface area contributed by atoms with Gasteiger partial charge in [0.25, 0.3) is 6.73 Å². The molecule has 0 amide bonds. The zero-order valence-corrected chi connectivity index (χ0v) is 10.6. The fourth-order valence-corrected chi connectivity index (χ4v) is 2.06. The molecule has 0 N–H and O–H groups in total. The van der Waals surface area contributed by atoms with Crippen molar-refractivity contribution in [1.82, 2.24) is 0 Å². The first-order chi connectivity index (χ1) is 7.46. The van der Waals surface area contributed by atoms with Crippen LogP contribution < -0.4 is 4.74 Å². The van der Waals surface area contributed by atoms with Gasteiger partial charge in [0.1, 0.15) is 5.75 Å². The lowest BCUT2D eigenvalue weighted by Gasteiger charge is -2.20. The second-order valence-corrected chi connectivity index (χ2v) is 5.70. The maximum Gasteiger partial charge on any atom is 0.287 e. The Morgan fingerprint density at radius 3 is 2.75 bits per heavy atom. The summed E-state index contributed by atoms with van der Waals surface area (Å²) >= 11 is 0. The average Bonchev–Trinajstić information content (AvgIpc) is 2.15. The Morgan fingerprint density at radius 1 is 1.31 bits per heavy atom. The van der Waals surface area contributed by atoms with Crippen molar-refractivity contribution in [3.8, 4) is 5.75 Å². The molecule has 2 rings (SSSR count). The highest BCUT2D eigenvalue weighted by molar-refractivity contribution is 5.81. The summed E-state index contributed by atoms with van der Waals surface area (Å²) < 4.78 is 8.05. The predicted molar refractivity (Wildman–Crippen MR) is 66.4 cm³/mol.